The normalized spacial score (nSPS) is 23.4. The van der Waals surface area contributed by atoms with Crippen LogP contribution in [-0.2, 0) is 6.54 Å². The molecule has 2 fully saturated rings. The monoisotopic (exact) mass is 260 g/mol. The number of hydrogen-bond donors (Lipinski definition) is 1. The highest BCUT2D eigenvalue weighted by molar-refractivity contribution is 5.29. The Balaban J connectivity index is 1.49. The van der Waals surface area contributed by atoms with Gasteiger partial charge in [-0.25, -0.2) is 4.98 Å². The number of aromatic nitrogens is 1. The smallest absolute Gasteiger partial charge is 0.123 e. The van der Waals surface area contributed by atoms with Crippen LogP contribution in [0.4, 0.5) is 5.82 Å². The fraction of sp³-hybridized carbons (Fsp3) is 0.667. The van der Waals surface area contributed by atoms with Gasteiger partial charge >= 0.3 is 0 Å². The van der Waals surface area contributed by atoms with Gasteiger partial charge in [0.05, 0.1) is 0 Å². The van der Waals surface area contributed by atoms with Crippen LogP contribution in [-0.4, -0.2) is 47.5 Å². The number of hydrogen-bond acceptors (Lipinski definition) is 4. The quantitative estimate of drug-likeness (QED) is 0.896. The second-order valence-corrected chi connectivity index (χ2v) is 6.17. The van der Waals surface area contributed by atoms with Gasteiger partial charge in [0.25, 0.3) is 0 Å². The highest BCUT2D eigenvalue weighted by Crippen LogP contribution is 2.40. The Morgan fingerprint density at radius 2 is 1.95 bits per heavy atom. The molecule has 0 saturated carbocycles. The van der Waals surface area contributed by atoms with Gasteiger partial charge < -0.3 is 10.6 Å². The van der Waals surface area contributed by atoms with Crippen LogP contribution in [0.25, 0.3) is 0 Å². The van der Waals surface area contributed by atoms with E-state index < -0.39 is 0 Å². The van der Waals surface area contributed by atoms with Crippen LogP contribution in [0.15, 0.2) is 18.3 Å². The molecule has 19 heavy (non-hydrogen) atoms. The first kappa shape index (κ1) is 12.9. The second-order valence-electron chi connectivity index (χ2n) is 6.17. The van der Waals surface area contributed by atoms with Gasteiger partial charge in [0.1, 0.15) is 5.82 Å². The van der Waals surface area contributed by atoms with Gasteiger partial charge in [-0.2, -0.15) is 0 Å². The Bertz CT molecular complexity index is 412. The lowest BCUT2D eigenvalue weighted by atomic mass is 9.72. The molecule has 0 radical (unpaired) electrons. The number of likely N-dealkylation sites (tertiary alicyclic amines) is 2. The Kier molecular flexibility index (Phi) is 3.46. The van der Waals surface area contributed by atoms with E-state index in [9.17, 15) is 0 Å². The average molecular weight is 260 g/mol. The van der Waals surface area contributed by atoms with E-state index in [0.717, 1.165) is 6.54 Å². The number of anilines is 1. The van der Waals surface area contributed by atoms with Crippen LogP contribution in [0.2, 0.25) is 0 Å². The van der Waals surface area contributed by atoms with E-state index in [1.54, 1.807) is 0 Å². The largest absolute Gasteiger partial charge is 0.384 e. The molecule has 2 aliphatic heterocycles. The van der Waals surface area contributed by atoms with Gasteiger partial charge in [0, 0.05) is 25.8 Å². The van der Waals surface area contributed by atoms with Crippen LogP contribution in [0.1, 0.15) is 25.3 Å². The molecule has 2 saturated heterocycles. The Labute approximate surface area is 115 Å². The van der Waals surface area contributed by atoms with Crippen LogP contribution >= 0.6 is 0 Å². The number of nitrogen functional groups attached to an aromatic ring is 1. The van der Waals surface area contributed by atoms with E-state index in [-0.39, 0.29) is 0 Å². The minimum Gasteiger partial charge on any atom is -0.384 e. The molecule has 0 bridgehead atoms. The fourth-order valence-electron chi connectivity index (χ4n) is 3.42. The Hall–Kier alpha value is -1.13. The van der Waals surface area contributed by atoms with Gasteiger partial charge in [0.2, 0.25) is 0 Å². The molecular formula is C15H24N4. The van der Waals surface area contributed by atoms with E-state index in [1.807, 2.05) is 12.3 Å². The van der Waals surface area contributed by atoms with Crippen molar-refractivity contribution in [1.82, 2.24) is 14.8 Å². The Morgan fingerprint density at radius 1 is 1.21 bits per heavy atom. The predicted octanol–water partition coefficient (Wildman–Crippen LogP) is 1.58. The Morgan fingerprint density at radius 3 is 2.53 bits per heavy atom. The molecule has 104 valence electrons. The van der Waals surface area contributed by atoms with E-state index in [0.29, 0.717) is 11.2 Å². The molecular weight excluding hydrogens is 236 g/mol. The van der Waals surface area contributed by atoms with Gasteiger partial charge in [-0.3, -0.25) is 4.90 Å². The molecule has 0 atom stereocenters. The maximum atomic E-state index is 5.62. The zero-order valence-electron chi connectivity index (χ0n) is 11.8. The molecule has 1 spiro atoms. The molecule has 2 aliphatic rings. The maximum absolute atomic E-state index is 5.62. The summed E-state index contributed by atoms with van der Waals surface area (Å²) in [4.78, 5) is 9.27. The van der Waals surface area contributed by atoms with Crippen LogP contribution in [0.5, 0.6) is 0 Å². The highest BCUT2D eigenvalue weighted by Gasteiger charge is 2.43. The summed E-state index contributed by atoms with van der Waals surface area (Å²) in [5, 5.41) is 0. The standard InChI is InChI=1S/C15H24N4/c1-2-18-11-15(12-18)5-7-19(8-6-15)10-13-3-4-14(16)17-9-13/h3-4,9H,2,5-8,10-12H2,1H3,(H2,16,17). The van der Waals surface area contributed by atoms with E-state index >= 15 is 0 Å². The number of nitrogens with two attached hydrogens (primary N) is 1. The molecule has 0 aliphatic carbocycles. The number of pyridine rings is 1. The van der Waals surface area contributed by atoms with E-state index in [2.05, 4.69) is 27.8 Å². The van der Waals surface area contributed by atoms with Crippen molar-refractivity contribution >= 4 is 5.82 Å². The summed E-state index contributed by atoms with van der Waals surface area (Å²) in [6.45, 7) is 9.57. The van der Waals surface area contributed by atoms with Crippen molar-refractivity contribution in [1.29, 1.82) is 0 Å². The van der Waals surface area contributed by atoms with Gasteiger partial charge in [-0.05, 0) is 49.5 Å². The molecule has 0 amide bonds. The summed E-state index contributed by atoms with van der Waals surface area (Å²) in [6.07, 6.45) is 4.61. The summed E-state index contributed by atoms with van der Waals surface area (Å²) in [7, 11) is 0. The maximum Gasteiger partial charge on any atom is 0.123 e. The number of piperidine rings is 1. The highest BCUT2D eigenvalue weighted by atomic mass is 15.2. The van der Waals surface area contributed by atoms with Crippen molar-refractivity contribution in [3.63, 3.8) is 0 Å². The number of nitrogens with zero attached hydrogens (tertiary/aromatic N) is 3. The van der Waals surface area contributed by atoms with Crippen LogP contribution in [0.3, 0.4) is 0 Å². The van der Waals surface area contributed by atoms with Crippen molar-refractivity contribution in [2.24, 2.45) is 5.41 Å². The van der Waals surface area contributed by atoms with Crippen molar-refractivity contribution < 1.29 is 0 Å². The predicted molar refractivity (Wildman–Crippen MR) is 77.7 cm³/mol. The molecule has 0 aromatic carbocycles. The summed E-state index contributed by atoms with van der Waals surface area (Å²) in [5.74, 6) is 0.607. The molecule has 3 rings (SSSR count). The third-order valence-corrected chi connectivity index (χ3v) is 4.74. The molecule has 4 heteroatoms. The third-order valence-electron chi connectivity index (χ3n) is 4.74. The lowest BCUT2D eigenvalue weighted by molar-refractivity contribution is -0.0447. The first-order valence-corrected chi connectivity index (χ1v) is 7.34. The second kappa shape index (κ2) is 5.10. The van der Waals surface area contributed by atoms with Gasteiger partial charge in [-0.15, -0.1) is 0 Å². The fourth-order valence-corrected chi connectivity index (χ4v) is 3.42. The van der Waals surface area contributed by atoms with Gasteiger partial charge in [-0.1, -0.05) is 13.0 Å². The molecule has 4 nitrogen and oxygen atoms in total. The average Bonchev–Trinajstić information content (AvgIpc) is 2.40. The minimum atomic E-state index is 0.607. The summed E-state index contributed by atoms with van der Waals surface area (Å²) < 4.78 is 0. The summed E-state index contributed by atoms with van der Waals surface area (Å²) in [6, 6.07) is 3.99. The van der Waals surface area contributed by atoms with Crippen molar-refractivity contribution in [3.8, 4) is 0 Å². The van der Waals surface area contributed by atoms with Crippen molar-refractivity contribution in [2.45, 2.75) is 26.3 Å². The molecule has 1 aromatic heterocycles. The summed E-state index contributed by atoms with van der Waals surface area (Å²) >= 11 is 0. The van der Waals surface area contributed by atoms with Crippen LogP contribution in [0, 0.1) is 5.41 Å². The third kappa shape index (κ3) is 2.74. The van der Waals surface area contributed by atoms with Crippen molar-refractivity contribution in [3.05, 3.63) is 23.9 Å². The van der Waals surface area contributed by atoms with Gasteiger partial charge in [0.15, 0.2) is 0 Å². The zero-order valence-corrected chi connectivity index (χ0v) is 11.8. The number of rotatable bonds is 3. The lowest BCUT2D eigenvalue weighted by Crippen LogP contribution is -2.59. The first-order chi connectivity index (χ1) is 9.19. The lowest BCUT2D eigenvalue weighted by Gasteiger charge is -2.54. The van der Waals surface area contributed by atoms with Crippen LogP contribution < -0.4 is 5.73 Å². The van der Waals surface area contributed by atoms with E-state index in [1.165, 1.54) is 51.1 Å². The zero-order chi connectivity index (χ0) is 13.3. The minimum absolute atomic E-state index is 0.607. The molecule has 2 N–H and O–H groups in total. The molecule has 0 unspecified atom stereocenters. The van der Waals surface area contributed by atoms with E-state index in [4.69, 9.17) is 5.73 Å². The topological polar surface area (TPSA) is 45.4 Å². The summed E-state index contributed by atoms with van der Waals surface area (Å²) in [5.41, 5.74) is 7.53. The molecule has 3 heterocycles. The first-order valence-electron chi connectivity index (χ1n) is 7.34. The SMILES string of the molecule is CCN1CC2(CCN(Cc3ccc(N)nc3)CC2)C1. The molecule has 1 aromatic rings. The van der Waals surface area contributed by atoms with Crippen molar-refractivity contribution in [2.75, 3.05) is 38.5 Å².